The van der Waals surface area contributed by atoms with Crippen molar-refractivity contribution in [3.8, 4) is 6.07 Å². The minimum Gasteiger partial charge on any atom is -0.316 e. The van der Waals surface area contributed by atoms with Crippen LogP contribution in [0.15, 0.2) is 0 Å². The van der Waals surface area contributed by atoms with Crippen molar-refractivity contribution in [2.75, 3.05) is 24.6 Å². The highest BCUT2D eigenvalue weighted by molar-refractivity contribution is 7.91. The number of nitrogens with zero attached hydrogens (tertiary/aromatic N) is 1. The summed E-state index contributed by atoms with van der Waals surface area (Å²) in [5.74, 6) is 0.404. The van der Waals surface area contributed by atoms with E-state index >= 15 is 0 Å². The molecule has 0 spiro atoms. The number of sulfone groups is 1. The van der Waals surface area contributed by atoms with Gasteiger partial charge in [-0.1, -0.05) is 6.92 Å². The molecule has 0 radical (unpaired) electrons. The minimum atomic E-state index is -2.85. The van der Waals surface area contributed by atoms with Gasteiger partial charge in [0.05, 0.1) is 17.2 Å². The zero-order valence-corrected chi connectivity index (χ0v) is 11.2. The van der Waals surface area contributed by atoms with Crippen molar-refractivity contribution in [2.45, 2.75) is 33.6 Å². The van der Waals surface area contributed by atoms with Gasteiger partial charge in [0.2, 0.25) is 0 Å². The quantitative estimate of drug-likeness (QED) is 0.656. The molecule has 0 aliphatic carbocycles. The van der Waals surface area contributed by atoms with Gasteiger partial charge in [-0.05, 0) is 33.2 Å². The summed E-state index contributed by atoms with van der Waals surface area (Å²) in [5.41, 5.74) is -0.281. The lowest BCUT2D eigenvalue weighted by Crippen LogP contribution is -2.25. The summed E-state index contributed by atoms with van der Waals surface area (Å²) >= 11 is 0. The fourth-order valence-electron chi connectivity index (χ4n) is 1.21. The Labute approximate surface area is 99.0 Å². The maximum absolute atomic E-state index is 11.2. The molecule has 0 aromatic carbocycles. The van der Waals surface area contributed by atoms with E-state index in [1.165, 1.54) is 0 Å². The summed E-state index contributed by atoms with van der Waals surface area (Å²) in [4.78, 5) is 0. The van der Waals surface area contributed by atoms with Crippen LogP contribution in [0.1, 0.15) is 33.6 Å². The zero-order chi connectivity index (χ0) is 12.7. The summed E-state index contributed by atoms with van der Waals surface area (Å²) in [6, 6.07) is 2.24. The first kappa shape index (κ1) is 15.4. The Morgan fingerprint density at radius 3 is 2.44 bits per heavy atom. The molecule has 0 saturated carbocycles. The molecule has 0 atom stereocenters. The highest BCUT2D eigenvalue weighted by Crippen LogP contribution is 2.19. The van der Waals surface area contributed by atoms with Crippen molar-refractivity contribution < 1.29 is 8.42 Å². The van der Waals surface area contributed by atoms with Gasteiger partial charge in [0, 0.05) is 12.3 Å². The van der Waals surface area contributed by atoms with Crippen LogP contribution in [0.5, 0.6) is 0 Å². The van der Waals surface area contributed by atoms with Gasteiger partial charge in [0.15, 0.2) is 9.84 Å². The average Bonchev–Trinajstić information content (AvgIpc) is 2.23. The Kier molecular flexibility index (Phi) is 6.61. The Bertz CT molecular complexity index is 328. The van der Waals surface area contributed by atoms with Crippen molar-refractivity contribution in [1.82, 2.24) is 5.32 Å². The monoisotopic (exact) mass is 246 g/mol. The molecule has 1 N–H and O–H groups in total. The van der Waals surface area contributed by atoms with Crippen molar-refractivity contribution in [3.63, 3.8) is 0 Å². The lowest BCUT2D eigenvalue weighted by molar-refractivity contribution is 0.427. The standard InChI is InChI=1S/C11H22N2O2S/c1-4-16(14,15)9-8-13-7-5-6-11(2,3)10-12/h13H,4-9H2,1-3H3. The normalized spacial score (nSPS) is 12.4. The van der Waals surface area contributed by atoms with E-state index in [0.29, 0.717) is 6.54 Å². The van der Waals surface area contributed by atoms with E-state index in [1.54, 1.807) is 6.92 Å². The predicted octanol–water partition coefficient (Wildman–Crippen LogP) is 1.34. The summed E-state index contributed by atoms with van der Waals surface area (Å²) in [6.07, 6.45) is 1.73. The molecule has 0 saturated heterocycles. The van der Waals surface area contributed by atoms with Crippen LogP contribution >= 0.6 is 0 Å². The third-order valence-electron chi connectivity index (χ3n) is 2.49. The molecule has 0 aliphatic heterocycles. The Balaban J connectivity index is 3.54. The Hall–Kier alpha value is -0.600. The second-order valence-corrected chi connectivity index (χ2v) is 7.06. The van der Waals surface area contributed by atoms with Gasteiger partial charge in [-0.2, -0.15) is 5.26 Å². The summed E-state index contributed by atoms with van der Waals surface area (Å²) in [7, 11) is -2.85. The van der Waals surface area contributed by atoms with Crippen molar-refractivity contribution >= 4 is 9.84 Å². The number of nitrogens with one attached hydrogen (secondary N) is 1. The Morgan fingerprint density at radius 2 is 1.94 bits per heavy atom. The molecule has 16 heavy (non-hydrogen) atoms. The third-order valence-corrected chi connectivity index (χ3v) is 4.19. The van der Waals surface area contributed by atoms with E-state index in [-0.39, 0.29) is 16.9 Å². The maximum Gasteiger partial charge on any atom is 0.151 e. The fourth-order valence-corrected chi connectivity index (χ4v) is 1.95. The minimum absolute atomic E-state index is 0.200. The van der Waals surface area contributed by atoms with Crippen LogP contribution in [0.3, 0.4) is 0 Å². The fraction of sp³-hybridized carbons (Fsp3) is 0.909. The van der Waals surface area contributed by atoms with Crippen LogP contribution in [0.4, 0.5) is 0 Å². The molecule has 0 heterocycles. The van der Waals surface area contributed by atoms with E-state index in [1.807, 2.05) is 13.8 Å². The van der Waals surface area contributed by atoms with Gasteiger partial charge < -0.3 is 5.32 Å². The van der Waals surface area contributed by atoms with Gasteiger partial charge in [0.1, 0.15) is 0 Å². The highest BCUT2D eigenvalue weighted by atomic mass is 32.2. The van der Waals surface area contributed by atoms with Crippen molar-refractivity contribution in [2.24, 2.45) is 5.41 Å². The second-order valence-electron chi connectivity index (χ2n) is 4.59. The maximum atomic E-state index is 11.2. The van der Waals surface area contributed by atoms with E-state index in [9.17, 15) is 8.42 Å². The predicted molar refractivity (Wildman–Crippen MR) is 65.8 cm³/mol. The third kappa shape index (κ3) is 7.66. The molecule has 0 aromatic heterocycles. The SMILES string of the molecule is CCS(=O)(=O)CCNCCCC(C)(C)C#N. The first-order chi connectivity index (χ1) is 7.33. The van der Waals surface area contributed by atoms with E-state index < -0.39 is 9.84 Å². The number of nitriles is 1. The van der Waals surface area contributed by atoms with Crippen LogP contribution in [0, 0.1) is 16.7 Å². The van der Waals surface area contributed by atoms with Crippen LogP contribution < -0.4 is 5.32 Å². The topological polar surface area (TPSA) is 70.0 Å². The molecule has 0 unspecified atom stereocenters. The average molecular weight is 246 g/mol. The lowest BCUT2D eigenvalue weighted by Gasteiger charge is -2.14. The largest absolute Gasteiger partial charge is 0.316 e. The van der Waals surface area contributed by atoms with E-state index in [2.05, 4.69) is 11.4 Å². The van der Waals surface area contributed by atoms with Crippen molar-refractivity contribution in [1.29, 1.82) is 5.26 Å². The molecule has 0 amide bonds. The summed E-state index contributed by atoms with van der Waals surface area (Å²) in [6.45, 7) is 6.75. The molecule has 0 aliphatic rings. The van der Waals surface area contributed by atoms with Crippen LogP contribution in [0.25, 0.3) is 0 Å². The van der Waals surface area contributed by atoms with Crippen LogP contribution in [-0.4, -0.2) is 33.0 Å². The first-order valence-corrected chi connectivity index (χ1v) is 7.47. The molecule has 0 fully saturated rings. The highest BCUT2D eigenvalue weighted by Gasteiger charge is 2.15. The van der Waals surface area contributed by atoms with Gasteiger partial charge in [0.25, 0.3) is 0 Å². The van der Waals surface area contributed by atoms with E-state index in [4.69, 9.17) is 5.26 Å². The van der Waals surface area contributed by atoms with E-state index in [0.717, 1.165) is 19.4 Å². The zero-order valence-electron chi connectivity index (χ0n) is 10.4. The molecule has 0 rings (SSSR count). The van der Waals surface area contributed by atoms with Gasteiger partial charge >= 0.3 is 0 Å². The molecular formula is C11H22N2O2S. The molecule has 0 bridgehead atoms. The molecule has 4 nitrogen and oxygen atoms in total. The number of rotatable bonds is 8. The lowest BCUT2D eigenvalue weighted by atomic mass is 9.90. The van der Waals surface area contributed by atoms with Crippen molar-refractivity contribution in [3.05, 3.63) is 0 Å². The van der Waals surface area contributed by atoms with Crippen LogP contribution in [-0.2, 0) is 9.84 Å². The van der Waals surface area contributed by atoms with Gasteiger partial charge in [-0.3, -0.25) is 0 Å². The molecular weight excluding hydrogens is 224 g/mol. The smallest absolute Gasteiger partial charge is 0.151 e. The first-order valence-electron chi connectivity index (χ1n) is 5.65. The van der Waals surface area contributed by atoms with Gasteiger partial charge in [-0.25, -0.2) is 8.42 Å². The number of hydrogen-bond donors (Lipinski definition) is 1. The molecule has 5 heteroatoms. The number of hydrogen-bond acceptors (Lipinski definition) is 4. The molecule has 94 valence electrons. The van der Waals surface area contributed by atoms with Gasteiger partial charge in [-0.15, -0.1) is 0 Å². The molecule has 0 aromatic rings. The van der Waals surface area contributed by atoms with Crippen LogP contribution in [0.2, 0.25) is 0 Å². The summed E-state index contributed by atoms with van der Waals surface area (Å²) < 4.78 is 22.3. The second kappa shape index (κ2) is 6.87. The Morgan fingerprint density at radius 1 is 1.31 bits per heavy atom. The summed E-state index contributed by atoms with van der Waals surface area (Å²) in [5, 5.41) is 11.9.